The summed E-state index contributed by atoms with van der Waals surface area (Å²) in [7, 11) is 0. The third-order valence-corrected chi connectivity index (χ3v) is 4.19. The first-order valence-corrected chi connectivity index (χ1v) is 7.45. The van der Waals surface area contributed by atoms with E-state index in [4.69, 9.17) is 4.74 Å². The second kappa shape index (κ2) is 7.04. The van der Waals surface area contributed by atoms with E-state index in [1.165, 1.54) is 17.8 Å². The summed E-state index contributed by atoms with van der Waals surface area (Å²) in [5, 5.41) is 2.44. The highest BCUT2D eigenvalue weighted by molar-refractivity contribution is 8.00. The molecule has 0 saturated carbocycles. The summed E-state index contributed by atoms with van der Waals surface area (Å²) in [4.78, 5) is 12.4. The van der Waals surface area contributed by atoms with E-state index in [1.54, 1.807) is 6.92 Å². The zero-order valence-corrected chi connectivity index (χ0v) is 12.0. The van der Waals surface area contributed by atoms with Crippen molar-refractivity contribution in [1.82, 2.24) is 5.32 Å². The minimum absolute atomic E-state index is 0.0967. The zero-order chi connectivity index (χ0) is 14.5. The SMILES string of the molecule is C[C@H](Sc1ccc(F)c(F)c1)C(=O)NC[C@@H]1CCCO1. The topological polar surface area (TPSA) is 38.3 Å². The third kappa shape index (κ3) is 4.18. The van der Waals surface area contributed by atoms with Gasteiger partial charge in [0.2, 0.25) is 5.91 Å². The van der Waals surface area contributed by atoms with E-state index < -0.39 is 11.6 Å². The highest BCUT2D eigenvalue weighted by Crippen LogP contribution is 2.25. The summed E-state index contributed by atoms with van der Waals surface area (Å²) >= 11 is 1.20. The van der Waals surface area contributed by atoms with Crippen LogP contribution < -0.4 is 5.32 Å². The lowest BCUT2D eigenvalue weighted by molar-refractivity contribution is -0.120. The number of amides is 1. The van der Waals surface area contributed by atoms with Crippen LogP contribution in [0.4, 0.5) is 8.78 Å². The fourth-order valence-electron chi connectivity index (χ4n) is 1.97. The molecule has 1 amide bonds. The van der Waals surface area contributed by atoms with E-state index in [0.29, 0.717) is 11.4 Å². The second-order valence-electron chi connectivity index (χ2n) is 4.72. The molecule has 0 aromatic heterocycles. The Hall–Kier alpha value is -1.14. The molecule has 6 heteroatoms. The fourth-order valence-corrected chi connectivity index (χ4v) is 2.89. The molecule has 1 aromatic rings. The van der Waals surface area contributed by atoms with Gasteiger partial charge in [0.15, 0.2) is 11.6 Å². The Bertz CT molecular complexity index is 478. The van der Waals surface area contributed by atoms with Crippen molar-refractivity contribution < 1.29 is 18.3 Å². The molecular formula is C14H17F2NO2S. The van der Waals surface area contributed by atoms with Crippen molar-refractivity contribution in [2.75, 3.05) is 13.2 Å². The quantitative estimate of drug-likeness (QED) is 0.850. The maximum absolute atomic E-state index is 13.1. The normalized spacial score (nSPS) is 19.9. The van der Waals surface area contributed by atoms with Gasteiger partial charge in [-0.05, 0) is 38.0 Å². The van der Waals surface area contributed by atoms with Crippen LogP contribution in [0.2, 0.25) is 0 Å². The number of ether oxygens (including phenoxy) is 1. The molecule has 2 rings (SSSR count). The Labute approximate surface area is 121 Å². The molecular weight excluding hydrogens is 284 g/mol. The predicted octanol–water partition coefficient (Wildman–Crippen LogP) is 2.74. The van der Waals surface area contributed by atoms with Gasteiger partial charge in [0, 0.05) is 18.0 Å². The number of carbonyl (C=O) groups is 1. The number of hydrogen-bond donors (Lipinski definition) is 1. The summed E-state index contributed by atoms with van der Waals surface area (Å²) in [6, 6.07) is 3.63. The van der Waals surface area contributed by atoms with Gasteiger partial charge in [-0.1, -0.05) is 0 Å². The number of rotatable bonds is 5. The molecule has 1 fully saturated rings. The van der Waals surface area contributed by atoms with Crippen LogP contribution in [0.1, 0.15) is 19.8 Å². The number of benzene rings is 1. The monoisotopic (exact) mass is 301 g/mol. The summed E-state index contributed by atoms with van der Waals surface area (Å²) < 4.78 is 31.3. The lowest BCUT2D eigenvalue weighted by Crippen LogP contribution is -2.36. The third-order valence-electron chi connectivity index (χ3n) is 3.10. The van der Waals surface area contributed by atoms with Crippen molar-refractivity contribution in [3.8, 4) is 0 Å². The number of hydrogen-bond acceptors (Lipinski definition) is 3. The molecule has 0 spiro atoms. The van der Waals surface area contributed by atoms with Crippen LogP contribution in [-0.4, -0.2) is 30.4 Å². The molecule has 20 heavy (non-hydrogen) atoms. The molecule has 0 bridgehead atoms. The van der Waals surface area contributed by atoms with Crippen LogP contribution in [0, 0.1) is 11.6 Å². The van der Waals surface area contributed by atoms with Crippen molar-refractivity contribution in [2.45, 2.75) is 36.0 Å². The van der Waals surface area contributed by atoms with Gasteiger partial charge >= 0.3 is 0 Å². The van der Waals surface area contributed by atoms with Crippen LogP contribution in [0.5, 0.6) is 0 Å². The van der Waals surface area contributed by atoms with Gasteiger partial charge in [-0.3, -0.25) is 4.79 Å². The lowest BCUT2D eigenvalue weighted by Gasteiger charge is -2.14. The van der Waals surface area contributed by atoms with Gasteiger partial charge in [0.1, 0.15) is 0 Å². The Morgan fingerprint density at radius 2 is 2.30 bits per heavy atom. The van der Waals surface area contributed by atoms with Crippen molar-refractivity contribution in [2.24, 2.45) is 0 Å². The highest BCUT2D eigenvalue weighted by atomic mass is 32.2. The smallest absolute Gasteiger partial charge is 0.233 e. The molecule has 0 unspecified atom stereocenters. The predicted molar refractivity (Wildman–Crippen MR) is 73.7 cm³/mol. The largest absolute Gasteiger partial charge is 0.376 e. The number of carbonyl (C=O) groups excluding carboxylic acids is 1. The Morgan fingerprint density at radius 3 is 2.95 bits per heavy atom. The molecule has 1 N–H and O–H groups in total. The van der Waals surface area contributed by atoms with E-state index >= 15 is 0 Å². The highest BCUT2D eigenvalue weighted by Gasteiger charge is 2.19. The zero-order valence-electron chi connectivity index (χ0n) is 11.2. The minimum Gasteiger partial charge on any atom is -0.376 e. The molecule has 1 aliphatic rings. The maximum Gasteiger partial charge on any atom is 0.233 e. The molecule has 1 saturated heterocycles. The van der Waals surface area contributed by atoms with Crippen LogP contribution >= 0.6 is 11.8 Å². The van der Waals surface area contributed by atoms with Crippen molar-refractivity contribution >= 4 is 17.7 Å². The lowest BCUT2D eigenvalue weighted by atomic mass is 10.2. The molecule has 2 atom stereocenters. The molecule has 1 heterocycles. The van der Waals surface area contributed by atoms with E-state index in [2.05, 4.69) is 5.32 Å². The first-order valence-electron chi connectivity index (χ1n) is 6.57. The van der Waals surface area contributed by atoms with Crippen LogP contribution in [0.15, 0.2) is 23.1 Å². The van der Waals surface area contributed by atoms with Crippen molar-refractivity contribution in [3.05, 3.63) is 29.8 Å². The van der Waals surface area contributed by atoms with Gasteiger partial charge in [-0.2, -0.15) is 0 Å². The van der Waals surface area contributed by atoms with E-state index in [0.717, 1.165) is 31.6 Å². The first-order chi connectivity index (χ1) is 9.56. The Kier molecular flexibility index (Phi) is 5.37. The Morgan fingerprint density at radius 1 is 1.50 bits per heavy atom. The van der Waals surface area contributed by atoms with Gasteiger partial charge in [-0.15, -0.1) is 11.8 Å². The standard InChI is InChI=1S/C14H17F2NO2S/c1-9(14(18)17-8-10-3-2-6-19-10)20-11-4-5-12(15)13(16)7-11/h4-5,7,9-10H,2-3,6,8H2,1H3,(H,17,18)/t9-,10-/m0/s1. The molecule has 1 aromatic carbocycles. The van der Waals surface area contributed by atoms with Gasteiger partial charge in [-0.25, -0.2) is 8.78 Å². The summed E-state index contributed by atoms with van der Waals surface area (Å²) in [5.41, 5.74) is 0. The van der Waals surface area contributed by atoms with Crippen LogP contribution in [0.25, 0.3) is 0 Å². The number of halogens is 2. The van der Waals surface area contributed by atoms with E-state index in [1.807, 2.05) is 0 Å². The van der Waals surface area contributed by atoms with E-state index in [9.17, 15) is 13.6 Å². The molecule has 1 aliphatic heterocycles. The molecule has 110 valence electrons. The summed E-state index contributed by atoms with van der Waals surface area (Å²) in [5.74, 6) is -1.91. The van der Waals surface area contributed by atoms with Gasteiger partial charge in [0.05, 0.1) is 11.4 Å². The molecule has 3 nitrogen and oxygen atoms in total. The van der Waals surface area contributed by atoms with Crippen LogP contribution in [0.3, 0.4) is 0 Å². The van der Waals surface area contributed by atoms with Gasteiger partial charge < -0.3 is 10.1 Å². The average Bonchev–Trinajstić information content (AvgIpc) is 2.93. The summed E-state index contributed by atoms with van der Waals surface area (Å²) in [6.07, 6.45) is 2.09. The maximum atomic E-state index is 13.1. The summed E-state index contributed by atoms with van der Waals surface area (Å²) in [6.45, 7) is 2.98. The molecule has 0 aliphatic carbocycles. The van der Waals surface area contributed by atoms with Crippen LogP contribution in [-0.2, 0) is 9.53 Å². The Balaban J connectivity index is 1.81. The van der Waals surface area contributed by atoms with Crippen molar-refractivity contribution in [1.29, 1.82) is 0 Å². The van der Waals surface area contributed by atoms with Gasteiger partial charge in [0.25, 0.3) is 0 Å². The second-order valence-corrected chi connectivity index (χ2v) is 6.13. The number of nitrogens with one attached hydrogen (secondary N) is 1. The average molecular weight is 301 g/mol. The molecule has 0 radical (unpaired) electrons. The minimum atomic E-state index is -0.901. The first kappa shape index (κ1) is 15.3. The fraction of sp³-hybridized carbons (Fsp3) is 0.500. The number of thioether (sulfide) groups is 1. The van der Waals surface area contributed by atoms with E-state index in [-0.39, 0.29) is 17.3 Å². The van der Waals surface area contributed by atoms with Crippen molar-refractivity contribution in [3.63, 3.8) is 0 Å².